The number of aromatic nitrogens is 2. The lowest BCUT2D eigenvalue weighted by Gasteiger charge is -2.39. The molecule has 0 saturated carbocycles. The van der Waals surface area contributed by atoms with Crippen LogP contribution in [0.15, 0.2) is 45.9 Å². The van der Waals surface area contributed by atoms with Gasteiger partial charge in [-0.1, -0.05) is 0 Å². The Kier molecular flexibility index (Phi) is 14.8. The van der Waals surface area contributed by atoms with Gasteiger partial charge in [-0.25, -0.2) is 28.3 Å². The number of nitrogens with two attached hydrogens (primary N) is 1. The molecule has 4 atom stereocenters. The number of aryl methyl sites for hydroxylation is 2. The molecule has 18 nitrogen and oxygen atoms in total. The van der Waals surface area contributed by atoms with Gasteiger partial charge in [0.1, 0.15) is 30.5 Å². The van der Waals surface area contributed by atoms with Gasteiger partial charge in [-0.05, 0) is 115 Å². The summed E-state index contributed by atoms with van der Waals surface area (Å²) in [5.41, 5.74) is 7.95. The van der Waals surface area contributed by atoms with Crippen molar-refractivity contribution in [3.05, 3.63) is 104 Å². The van der Waals surface area contributed by atoms with Crippen LogP contribution in [0, 0.1) is 35.6 Å². The molecule has 338 valence electrons. The van der Waals surface area contributed by atoms with Gasteiger partial charge >= 0.3 is 12.2 Å². The summed E-state index contributed by atoms with van der Waals surface area (Å²) >= 11 is 0. The van der Waals surface area contributed by atoms with Crippen molar-refractivity contribution in [3.8, 4) is 11.5 Å². The van der Waals surface area contributed by atoms with E-state index in [4.69, 9.17) is 33.5 Å². The Morgan fingerprint density at radius 2 is 1.19 bits per heavy atom. The van der Waals surface area contributed by atoms with Crippen molar-refractivity contribution in [1.29, 1.82) is 0 Å². The number of carbonyl (C=O) groups excluding carboxylic acids is 2. The minimum absolute atomic E-state index is 0.0261. The Labute approximate surface area is 357 Å². The summed E-state index contributed by atoms with van der Waals surface area (Å²) in [6.45, 7) is 13.2. The summed E-state index contributed by atoms with van der Waals surface area (Å²) in [6, 6.07) is 4.13. The number of nitrogens with zero attached hydrogens (tertiary/aromatic N) is 5. The number of aliphatic hydroxyl groups is 2. The molecular weight excluding hydrogens is 818 g/mol. The average Bonchev–Trinajstić information content (AvgIpc) is 3.79. The zero-order valence-corrected chi connectivity index (χ0v) is 36.0. The molecule has 0 saturated heterocycles. The summed E-state index contributed by atoms with van der Waals surface area (Å²) in [6.07, 6.45) is -0.828. The smallest absolute Gasteiger partial charge is 0.410 e. The quantitative estimate of drug-likeness (QED) is 0.121. The van der Waals surface area contributed by atoms with Crippen LogP contribution in [0.5, 0.6) is 11.5 Å². The van der Waals surface area contributed by atoms with E-state index in [1.54, 1.807) is 61.5 Å². The van der Waals surface area contributed by atoms with E-state index in [1.165, 1.54) is 40.8 Å². The number of hydrogen-bond donors (Lipinski definition) is 3. The molecule has 20 heteroatoms. The van der Waals surface area contributed by atoms with Crippen LogP contribution < -0.4 is 15.2 Å². The standard InChI is InChI=1S/C21H26FN3O7.C21H28FN3O5/c1-12-19(31-11-23-12)10-30-18-7-14-8-24(20(27)32-21(2,3)4)16(17(26)9-25(28)29)6-13(14)5-15(18)22;1-12-19(29-11-24-12)10-28-18-7-14-9-25(20(27)30-21(2,3)4)16(17(26)8-23)6-13(14)5-15(18)22/h5,7,11,16-17,26H,6,8-10H2,1-4H3;5,7,11,16-17,26H,6,8-10,23H2,1-4H3/t2*16-,17+/m00/s1. The molecule has 0 aliphatic carbocycles. The summed E-state index contributed by atoms with van der Waals surface area (Å²) in [4.78, 5) is 46.4. The number of amides is 2. The van der Waals surface area contributed by atoms with Crippen LogP contribution in [0.25, 0.3) is 0 Å². The Hall–Kier alpha value is -5.86. The first-order chi connectivity index (χ1) is 29.0. The second kappa shape index (κ2) is 19.5. The maximum atomic E-state index is 14.7. The first kappa shape index (κ1) is 47.2. The summed E-state index contributed by atoms with van der Waals surface area (Å²) in [5.74, 6) is -0.180. The van der Waals surface area contributed by atoms with Crippen molar-refractivity contribution in [2.75, 3.05) is 13.1 Å². The Bertz CT molecular complexity index is 2220. The molecule has 0 spiro atoms. The van der Waals surface area contributed by atoms with Gasteiger partial charge in [-0.3, -0.25) is 19.9 Å². The van der Waals surface area contributed by atoms with Crippen molar-refractivity contribution >= 4 is 12.2 Å². The Morgan fingerprint density at radius 3 is 1.53 bits per heavy atom. The van der Waals surface area contributed by atoms with Gasteiger partial charge in [-0.15, -0.1) is 0 Å². The molecule has 4 N–H and O–H groups in total. The maximum absolute atomic E-state index is 14.7. The fourth-order valence-corrected chi connectivity index (χ4v) is 6.82. The van der Waals surface area contributed by atoms with Crippen molar-refractivity contribution in [3.63, 3.8) is 0 Å². The van der Waals surface area contributed by atoms with Crippen LogP contribution in [-0.4, -0.2) is 95.7 Å². The van der Waals surface area contributed by atoms with Crippen molar-refractivity contribution in [1.82, 2.24) is 19.8 Å². The molecule has 0 bridgehead atoms. The second-order valence-electron chi connectivity index (χ2n) is 17.0. The van der Waals surface area contributed by atoms with Crippen LogP contribution in [-0.2, 0) is 48.6 Å². The highest BCUT2D eigenvalue weighted by atomic mass is 19.1. The molecule has 4 heterocycles. The van der Waals surface area contributed by atoms with Crippen LogP contribution >= 0.6 is 0 Å². The predicted octanol–water partition coefficient (Wildman–Crippen LogP) is 5.68. The zero-order valence-electron chi connectivity index (χ0n) is 36.0. The molecule has 0 fully saturated rings. The molecular formula is C42H54F2N6O12. The van der Waals surface area contributed by atoms with Crippen molar-refractivity contribution in [2.24, 2.45) is 5.73 Å². The number of ether oxygens (including phenoxy) is 4. The topological polar surface area (TPSA) is 239 Å². The lowest BCUT2D eigenvalue weighted by atomic mass is 9.91. The normalized spacial score (nSPS) is 17.2. The molecule has 6 rings (SSSR count). The number of nitro groups is 1. The van der Waals surface area contributed by atoms with Gasteiger partial charge < -0.3 is 43.7 Å². The van der Waals surface area contributed by atoms with E-state index in [2.05, 4.69) is 9.97 Å². The number of oxazole rings is 2. The molecule has 62 heavy (non-hydrogen) atoms. The lowest BCUT2D eigenvalue weighted by Crippen LogP contribution is -2.53. The van der Waals surface area contributed by atoms with Crippen LogP contribution in [0.4, 0.5) is 18.4 Å². The van der Waals surface area contributed by atoms with Gasteiger partial charge in [0.15, 0.2) is 47.4 Å². The Morgan fingerprint density at radius 1 is 0.790 bits per heavy atom. The number of halogens is 2. The van der Waals surface area contributed by atoms with E-state index in [0.29, 0.717) is 45.2 Å². The third-order valence-electron chi connectivity index (χ3n) is 9.98. The van der Waals surface area contributed by atoms with E-state index in [-0.39, 0.29) is 57.2 Å². The van der Waals surface area contributed by atoms with E-state index >= 15 is 0 Å². The van der Waals surface area contributed by atoms with E-state index in [0.717, 1.165) is 0 Å². The first-order valence-electron chi connectivity index (χ1n) is 19.9. The first-order valence-corrected chi connectivity index (χ1v) is 19.9. The fourth-order valence-electron chi connectivity index (χ4n) is 6.82. The second-order valence-corrected chi connectivity index (χ2v) is 17.0. The third kappa shape index (κ3) is 12.2. The molecule has 0 unspecified atom stereocenters. The van der Waals surface area contributed by atoms with Crippen LogP contribution in [0.1, 0.15) is 86.7 Å². The van der Waals surface area contributed by atoms with Gasteiger partial charge in [0.25, 0.3) is 0 Å². The number of carbonyl (C=O) groups is 2. The molecule has 2 amide bonds. The predicted molar refractivity (Wildman–Crippen MR) is 215 cm³/mol. The SMILES string of the molecule is Cc1ncoc1COc1cc2c(cc1F)C[C@@H]([C@H](O)CN)N(C(=O)OC(C)(C)C)C2.Cc1ncoc1COc1cc2c(cc1F)C[C@@H]([C@H](O)C[N+](=O)[O-])N(C(=O)OC(C)(C)C)C2. The number of benzene rings is 2. The van der Waals surface area contributed by atoms with E-state index in [9.17, 15) is 38.7 Å². The maximum Gasteiger partial charge on any atom is 0.410 e. The minimum atomic E-state index is -1.45. The van der Waals surface area contributed by atoms with Gasteiger partial charge in [0.2, 0.25) is 6.54 Å². The summed E-state index contributed by atoms with van der Waals surface area (Å²) < 4.78 is 61.8. The number of rotatable bonds is 11. The average molecular weight is 873 g/mol. The number of fused-ring (bicyclic) bond motifs is 2. The Balaban J connectivity index is 0.000000235. The van der Waals surface area contributed by atoms with E-state index in [1.807, 2.05) is 0 Å². The summed E-state index contributed by atoms with van der Waals surface area (Å²) in [7, 11) is 0. The highest BCUT2D eigenvalue weighted by molar-refractivity contribution is 5.70. The van der Waals surface area contributed by atoms with Crippen LogP contribution in [0.2, 0.25) is 0 Å². The van der Waals surface area contributed by atoms with Gasteiger partial charge in [0.05, 0.1) is 29.6 Å². The number of aliphatic hydroxyl groups excluding tert-OH is 2. The third-order valence-corrected chi connectivity index (χ3v) is 9.98. The number of hydrogen-bond acceptors (Lipinski definition) is 15. The minimum Gasteiger partial charge on any atom is -0.482 e. The highest BCUT2D eigenvalue weighted by Gasteiger charge is 2.40. The van der Waals surface area contributed by atoms with Gasteiger partial charge in [-0.2, -0.15) is 0 Å². The lowest BCUT2D eigenvalue weighted by molar-refractivity contribution is -0.491. The summed E-state index contributed by atoms with van der Waals surface area (Å²) in [5, 5.41) is 31.7. The fraction of sp³-hybridized carbons (Fsp3) is 0.524. The molecule has 4 aromatic rings. The van der Waals surface area contributed by atoms with E-state index < -0.39 is 70.8 Å². The highest BCUT2D eigenvalue weighted by Crippen LogP contribution is 2.34. The molecule has 2 aliphatic heterocycles. The molecule has 2 aliphatic rings. The monoisotopic (exact) mass is 872 g/mol. The van der Waals surface area contributed by atoms with Crippen molar-refractivity contribution < 1.29 is 61.3 Å². The zero-order chi connectivity index (χ0) is 45.7. The largest absolute Gasteiger partial charge is 0.482 e. The molecule has 2 aromatic carbocycles. The van der Waals surface area contributed by atoms with Gasteiger partial charge in [0, 0.05) is 24.6 Å². The van der Waals surface area contributed by atoms with Crippen LogP contribution in [0.3, 0.4) is 0 Å². The molecule has 0 radical (unpaired) electrons. The molecule has 2 aromatic heterocycles. The van der Waals surface area contributed by atoms with Crippen molar-refractivity contribution in [2.45, 2.75) is 130 Å².